The van der Waals surface area contributed by atoms with E-state index in [-0.39, 0.29) is 11.9 Å². The average Bonchev–Trinajstić information content (AvgIpc) is 3.32. The van der Waals surface area contributed by atoms with Crippen molar-refractivity contribution in [3.05, 3.63) is 72.4 Å². The van der Waals surface area contributed by atoms with E-state index in [1.807, 2.05) is 90.9 Å². The van der Waals surface area contributed by atoms with Crippen molar-refractivity contribution in [3.63, 3.8) is 0 Å². The number of fused-ring (bicyclic) bond motifs is 5. The summed E-state index contributed by atoms with van der Waals surface area (Å²) < 4.78 is 1.99. The molecule has 204 valence electrons. The summed E-state index contributed by atoms with van der Waals surface area (Å²) in [5, 5.41) is 22.2. The van der Waals surface area contributed by atoms with Gasteiger partial charge in [0.2, 0.25) is 0 Å². The van der Waals surface area contributed by atoms with Gasteiger partial charge in [0.25, 0.3) is 5.91 Å². The van der Waals surface area contributed by atoms with E-state index in [1.54, 1.807) is 6.20 Å². The Bertz CT molecular complexity index is 1580. The molecule has 40 heavy (non-hydrogen) atoms. The van der Waals surface area contributed by atoms with Crippen molar-refractivity contribution < 1.29 is 14.7 Å². The standard InChI is InChI=1S/C30H31N7O3/c1-30(2,3)37(29(39)40)21-14-17-35(18-15-21)28(38)20-12-10-19(11-13-20)26-33-34-27-22-7-4-5-8-23(22)32-25-24(36(26)27)9-6-16-31-25/h4-13,16,21H,14-15,17-18H2,1-3H3,(H,31,32)(H,39,40). The van der Waals surface area contributed by atoms with E-state index in [0.29, 0.717) is 49.0 Å². The van der Waals surface area contributed by atoms with Gasteiger partial charge in [-0.1, -0.05) is 24.3 Å². The van der Waals surface area contributed by atoms with Gasteiger partial charge >= 0.3 is 6.09 Å². The lowest BCUT2D eigenvalue weighted by molar-refractivity contribution is 0.0384. The fraction of sp³-hybridized carbons (Fsp3) is 0.300. The lowest BCUT2D eigenvalue weighted by Gasteiger charge is -2.43. The Morgan fingerprint density at radius 1 is 0.950 bits per heavy atom. The van der Waals surface area contributed by atoms with Gasteiger partial charge in [-0.3, -0.25) is 9.36 Å². The van der Waals surface area contributed by atoms with Crippen LogP contribution in [0.3, 0.4) is 0 Å². The van der Waals surface area contributed by atoms with Gasteiger partial charge in [0, 0.05) is 47.6 Å². The first-order valence-electron chi connectivity index (χ1n) is 13.4. The van der Waals surface area contributed by atoms with E-state index in [1.165, 1.54) is 4.90 Å². The molecule has 4 heterocycles. The number of piperidine rings is 1. The zero-order valence-electron chi connectivity index (χ0n) is 22.7. The zero-order chi connectivity index (χ0) is 28.0. The molecule has 2 amide bonds. The Hall–Kier alpha value is -4.73. The number of para-hydroxylation sites is 1. The lowest BCUT2D eigenvalue weighted by atomic mass is 9.96. The second-order valence-electron chi connectivity index (χ2n) is 11.1. The van der Waals surface area contributed by atoms with Crippen molar-refractivity contribution >= 4 is 23.5 Å². The number of rotatable bonds is 3. The number of nitrogens with one attached hydrogen (secondary N) is 1. The summed E-state index contributed by atoms with van der Waals surface area (Å²) in [6.07, 6.45) is 2.05. The van der Waals surface area contributed by atoms with Crippen molar-refractivity contribution in [2.45, 2.75) is 45.2 Å². The molecular formula is C30H31N7O3. The third kappa shape index (κ3) is 4.45. The molecule has 0 aliphatic carbocycles. The molecule has 0 saturated carbocycles. The van der Waals surface area contributed by atoms with Gasteiger partial charge < -0.3 is 20.2 Å². The highest BCUT2D eigenvalue weighted by atomic mass is 16.4. The molecule has 2 aromatic carbocycles. The Kier molecular flexibility index (Phi) is 6.25. The van der Waals surface area contributed by atoms with Crippen LogP contribution in [0.4, 0.5) is 16.3 Å². The van der Waals surface area contributed by atoms with E-state index in [4.69, 9.17) is 0 Å². The van der Waals surface area contributed by atoms with Gasteiger partial charge in [-0.05, 0) is 70.0 Å². The number of amides is 2. The minimum atomic E-state index is -0.920. The second-order valence-corrected chi connectivity index (χ2v) is 11.1. The number of pyridine rings is 1. The number of aromatic nitrogens is 4. The highest BCUT2D eigenvalue weighted by Crippen LogP contribution is 2.39. The van der Waals surface area contributed by atoms with Crippen molar-refractivity contribution in [1.82, 2.24) is 29.5 Å². The van der Waals surface area contributed by atoms with Crippen LogP contribution in [0.1, 0.15) is 44.0 Å². The van der Waals surface area contributed by atoms with Crippen LogP contribution in [0, 0.1) is 0 Å². The fourth-order valence-electron chi connectivity index (χ4n) is 5.72. The molecule has 1 fully saturated rings. The molecule has 0 atom stereocenters. The molecular weight excluding hydrogens is 506 g/mol. The van der Waals surface area contributed by atoms with Crippen LogP contribution < -0.4 is 5.32 Å². The molecule has 1 saturated heterocycles. The molecule has 10 heteroatoms. The number of anilines is 2. The van der Waals surface area contributed by atoms with Crippen molar-refractivity contribution in [2.75, 3.05) is 18.4 Å². The molecule has 0 unspecified atom stereocenters. The number of benzene rings is 2. The summed E-state index contributed by atoms with van der Waals surface area (Å²) in [6.45, 7) is 6.73. The van der Waals surface area contributed by atoms with Crippen LogP contribution in [0.15, 0.2) is 66.9 Å². The smallest absolute Gasteiger partial charge is 0.407 e. The normalized spacial score (nSPS) is 14.8. The highest BCUT2D eigenvalue weighted by molar-refractivity contribution is 5.95. The van der Waals surface area contributed by atoms with Crippen molar-refractivity contribution in [2.24, 2.45) is 0 Å². The third-order valence-corrected chi connectivity index (χ3v) is 7.55. The number of carbonyl (C=O) groups excluding carboxylic acids is 1. The number of carboxylic acid groups (broad SMARTS) is 1. The first-order chi connectivity index (χ1) is 19.2. The topological polar surface area (TPSA) is 116 Å². The Morgan fingerprint density at radius 3 is 2.35 bits per heavy atom. The summed E-state index contributed by atoms with van der Waals surface area (Å²) in [5.41, 5.74) is 3.57. The molecule has 2 N–H and O–H groups in total. The number of carbonyl (C=O) groups is 2. The maximum Gasteiger partial charge on any atom is 0.407 e. The van der Waals surface area contributed by atoms with Gasteiger partial charge in [0.05, 0.1) is 11.4 Å². The molecule has 0 radical (unpaired) electrons. The molecule has 10 nitrogen and oxygen atoms in total. The summed E-state index contributed by atoms with van der Waals surface area (Å²) in [7, 11) is 0. The van der Waals surface area contributed by atoms with E-state index in [2.05, 4.69) is 20.5 Å². The van der Waals surface area contributed by atoms with E-state index in [0.717, 1.165) is 22.5 Å². The lowest BCUT2D eigenvalue weighted by Crippen LogP contribution is -2.55. The van der Waals surface area contributed by atoms with Crippen molar-refractivity contribution in [1.29, 1.82) is 0 Å². The number of nitrogens with zero attached hydrogens (tertiary/aromatic N) is 6. The van der Waals surface area contributed by atoms with Crippen LogP contribution in [-0.4, -0.2) is 71.3 Å². The molecule has 4 aromatic rings. The fourth-order valence-corrected chi connectivity index (χ4v) is 5.72. The molecule has 2 aliphatic rings. The van der Waals surface area contributed by atoms with E-state index >= 15 is 0 Å². The summed E-state index contributed by atoms with van der Waals surface area (Å²) in [6, 6.07) is 19.1. The predicted octanol–water partition coefficient (Wildman–Crippen LogP) is 5.44. The largest absolute Gasteiger partial charge is 0.465 e. The van der Waals surface area contributed by atoms with Crippen molar-refractivity contribution in [3.8, 4) is 28.5 Å². The van der Waals surface area contributed by atoms with Crippen LogP contribution in [0.2, 0.25) is 0 Å². The quantitative estimate of drug-likeness (QED) is 0.315. The summed E-state index contributed by atoms with van der Waals surface area (Å²) >= 11 is 0. The van der Waals surface area contributed by atoms with Crippen LogP contribution in [0.25, 0.3) is 28.5 Å². The van der Waals surface area contributed by atoms with E-state index < -0.39 is 11.6 Å². The Balaban J connectivity index is 1.25. The van der Waals surface area contributed by atoms with Crippen LogP contribution in [0.5, 0.6) is 0 Å². The van der Waals surface area contributed by atoms with Gasteiger partial charge in [-0.15, -0.1) is 10.2 Å². The van der Waals surface area contributed by atoms with Crippen LogP contribution in [-0.2, 0) is 0 Å². The Labute approximate surface area is 232 Å². The first-order valence-corrected chi connectivity index (χ1v) is 13.4. The summed E-state index contributed by atoms with van der Waals surface area (Å²) in [4.78, 5) is 33.1. The summed E-state index contributed by atoms with van der Waals surface area (Å²) in [5.74, 6) is 2.00. The SMILES string of the molecule is CC(C)(C)N(C(=O)O)C1CCN(C(=O)c2ccc(-c3nnc4n3-c3cccnc3Nc3ccccc3-4)cc2)CC1. The van der Waals surface area contributed by atoms with Gasteiger partial charge in [-0.2, -0.15) is 0 Å². The van der Waals surface area contributed by atoms with Gasteiger partial charge in [0.1, 0.15) is 0 Å². The number of hydrogen-bond acceptors (Lipinski definition) is 6. The van der Waals surface area contributed by atoms with Gasteiger partial charge in [-0.25, -0.2) is 9.78 Å². The van der Waals surface area contributed by atoms with E-state index in [9.17, 15) is 14.7 Å². The molecule has 0 bridgehead atoms. The second kappa shape index (κ2) is 9.78. The molecule has 2 aromatic heterocycles. The third-order valence-electron chi connectivity index (χ3n) is 7.55. The maximum atomic E-state index is 13.3. The molecule has 6 rings (SSSR count). The minimum Gasteiger partial charge on any atom is -0.465 e. The van der Waals surface area contributed by atoms with Crippen LogP contribution >= 0.6 is 0 Å². The number of hydrogen-bond donors (Lipinski definition) is 2. The first kappa shape index (κ1) is 25.5. The maximum absolute atomic E-state index is 13.3. The highest BCUT2D eigenvalue weighted by Gasteiger charge is 2.36. The Morgan fingerprint density at radius 2 is 1.65 bits per heavy atom. The van der Waals surface area contributed by atoms with Gasteiger partial charge in [0.15, 0.2) is 17.5 Å². The zero-order valence-corrected chi connectivity index (χ0v) is 22.7. The molecule has 0 spiro atoms. The molecule has 2 aliphatic heterocycles. The monoisotopic (exact) mass is 537 g/mol. The average molecular weight is 538 g/mol. The number of likely N-dealkylation sites (tertiary alicyclic amines) is 1. The predicted molar refractivity (Wildman–Crippen MR) is 152 cm³/mol. The minimum absolute atomic E-state index is 0.0598.